The average molecular weight is 449 g/mol. The smallest absolute Gasteiger partial charge is 0.332 e. The highest BCUT2D eigenvalue weighted by Crippen LogP contribution is 2.42. The summed E-state index contributed by atoms with van der Waals surface area (Å²) in [5, 5.41) is 0. The number of quaternary nitrogens is 1. The molecule has 156 valence electrons. The first-order chi connectivity index (χ1) is 15.0. The lowest BCUT2D eigenvalue weighted by atomic mass is 10.1. The van der Waals surface area contributed by atoms with Gasteiger partial charge in [0.2, 0.25) is 0 Å². The SMILES string of the molecule is Nc1ccccc1[N+]1(S(=O)(=O)c2ccc(-c3ccccc3)cc2)CCc2ncsc2C1. The fraction of sp³-hybridized carbons (Fsp3) is 0.125. The molecule has 0 saturated carbocycles. The minimum Gasteiger partial charge on any atom is -0.394 e. The van der Waals surface area contributed by atoms with Crippen LogP contribution < -0.4 is 9.62 Å². The van der Waals surface area contributed by atoms with Crippen LogP contribution in [0.5, 0.6) is 0 Å². The molecule has 31 heavy (non-hydrogen) atoms. The van der Waals surface area contributed by atoms with Crippen LogP contribution in [0.1, 0.15) is 10.6 Å². The molecule has 0 fully saturated rings. The van der Waals surface area contributed by atoms with Crippen LogP contribution in [0.3, 0.4) is 0 Å². The topological polar surface area (TPSA) is 73.1 Å². The Bertz CT molecular complexity index is 1330. The third-order valence-corrected chi connectivity index (χ3v) is 9.09. The number of hydrogen-bond donors (Lipinski definition) is 1. The number of rotatable bonds is 4. The zero-order chi connectivity index (χ0) is 21.5. The van der Waals surface area contributed by atoms with Gasteiger partial charge in [0, 0.05) is 12.5 Å². The maximum atomic E-state index is 14.1. The summed E-state index contributed by atoms with van der Waals surface area (Å²) in [5.41, 5.74) is 12.2. The molecule has 0 radical (unpaired) electrons. The highest BCUT2D eigenvalue weighted by molar-refractivity contribution is 7.91. The monoisotopic (exact) mass is 448 g/mol. The van der Waals surface area contributed by atoms with E-state index in [4.69, 9.17) is 5.73 Å². The molecule has 5 nitrogen and oxygen atoms in total. The highest BCUT2D eigenvalue weighted by Gasteiger charge is 2.49. The quantitative estimate of drug-likeness (QED) is 0.358. The summed E-state index contributed by atoms with van der Waals surface area (Å²) < 4.78 is 28.1. The summed E-state index contributed by atoms with van der Waals surface area (Å²) in [5.74, 6) is 0. The van der Waals surface area contributed by atoms with Crippen molar-refractivity contribution >= 4 is 32.7 Å². The minimum atomic E-state index is -3.78. The van der Waals surface area contributed by atoms with Crippen molar-refractivity contribution in [2.75, 3.05) is 12.3 Å². The summed E-state index contributed by atoms with van der Waals surface area (Å²) in [4.78, 5) is 5.71. The van der Waals surface area contributed by atoms with Gasteiger partial charge in [-0.3, -0.25) is 0 Å². The molecule has 1 aromatic heterocycles. The molecule has 1 aliphatic heterocycles. The first-order valence-electron chi connectivity index (χ1n) is 10.1. The van der Waals surface area contributed by atoms with Gasteiger partial charge in [-0.05, 0) is 29.3 Å². The molecule has 0 spiro atoms. The van der Waals surface area contributed by atoms with Crippen LogP contribution >= 0.6 is 11.3 Å². The van der Waals surface area contributed by atoms with E-state index in [-0.39, 0.29) is 3.89 Å². The van der Waals surface area contributed by atoms with Crippen molar-refractivity contribution in [2.45, 2.75) is 17.9 Å². The van der Waals surface area contributed by atoms with E-state index in [1.54, 1.807) is 23.7 Å². The normalized spacial score (nSPS) is 18.5. The molecule has 1 unspecified atom stereocenters. The fourth-order valence-corrected chi connectivity index (χ4v) is 7.19. The first kappa shape index (κ1) is 19.9. The molecule has 0 saturated heterocycles. The second-order valence-corrected chi connectivity index (χ2v) is 10.7. The van der Waals surface area contributed by atoms with Crippen LogP contribution in [0.4, 0.5) is 11.4 Å². The lowest BCUT2D eigenvalue weighted by Crippen LogP contribution is -2.56. The molecule has 3 aromatic carbocycles. The Hall–Kier alpha value is -3.00. The number of nitrogens with zero attached hydrogens (tertiary/aromatic N) is 2. The van der Waals surface area contributed by atoms with E-state index in [0.29, 0.717) is 35.8 Å². The Morgan fingerprint density at radius 1 is 0.871 bits per heavy atom. The van der Waals surface area contributed by atoms with E-state index < -0.39 is 10.0 Å². The van der Waals surface area contributed by atoms with Crippen LogP contribution in [0, 0.1) is 0 Å². The molecule has 4 aromatic rings. The van der Waals surface area contributed by atoms with E-state index in [0.717, 1.165) is 21.7 Å². The molecular formula is C24H22N3O2S2+. The number of thiazole rings is 1. The van der Waals surface area contributed by atoms with Crippen LogP contribution in [0.25, 0.3) is 11.1 Å². The Morgan fingerprint density at radius 2 is 1.55 bits per heavy atom. The van der Waals surface area contributed by atoms with Crippen molar-refractivity contribution in [1.82, 2.24) is 8.87 Å². The maximum Gasteiger partial charge on any atom is 0.332 e. The van der Waals surface area contributed by atoms with E-state index in [1.165, 1.54) is 11.3 Å². The van der Waals surface area contributed by atoms with Crippen LogP contribution in [0.2, 0.25) is 0 Å². The van der Waals surface area contributed by atoms with Crippen molar-refractivity contribution < 1.29 is 8.42 Å². The number of aromatic nitrogens is 1. The summed E-state index contributed by atoms with van der Waals surface area (Å²) in [6.07, 6.45) is 0.592. The fourth-order valence-electron chi connectivity index (χ4n) is 4.27. The van der Waals surface area contributed by atoms with Gasteiger partial charge in [-0.2, -0.15) is 12.3 Å². The summed E-state index contributed by atoms with van der Waals surface area (Å²) >= 11 is 1.51. The van der Waals surface area contributed by atoms with Gasteiger partial charge in [-0.1, -0.05) is 54.6 Å². The first-order valence-corrected chi connectivity index (χ1v) is 12.4. The predicted octanol–water partition coefficient (Wildman–Crippen LogP) is 4.84. The number of hydrogen-bond acceptors (Lipinski definition) is 5. The molecule has 1 aliphatic rings. The molecule has 2 N–H and O–H groups in total. The van der Waals surface area contributed by atoms with Gasteiger partial charge in [0.25, 0.3) is 0 Å². The Kier molecular flexibility index (Phi) is 4.89. The molecule has 2 heterocycles. The van der Waals surface area contributed by atoms with Crippen molar-refractivity contribution in [2.24, 2.45) is 0 Å². The standard InChI is InChI=1S/C24H22N3O2S2/c25-21-8-4-5-9-23(21)27(15-14-22-24(16-27)30-17-26-22)31(28,29)20-12-10-19(11-13-20)18-6-2-1-3-7-18/h1-13,17H,14-16,25H2/q+1. The van der Waals surface area contributed by atoms with Gasteiger partial charge < -0.3 is 5.73 Å². The minimum absolute atomic E-state index is 0.223. The van der Waals surface area contributed by atoms with E-state index in [2.05, 4.69) is 4.98 Å². The van der Waals surface area contributed by atoms with Crippen LogP contribution in [-0.4, -0.2) is 19.9 Å². The van der Waals surface area contributed by atoms with E-state index in [9.17, 15) is 8.42 Å². The molecule has 1 atom stereocenters. The molecule has 0 aliphatic carbocycles. The second-order valence-electron chi connectivity index (χ2n) is 7.67. The zero-order valence-electron chi connectivity index (χ0n) is 16.8. The van der Waals surface area contributed by atoms with E-state index in [1.807, 2.05) is 60.7 Å². The Morgan fingerprint density at radius 3 is 2.29 bits per heavy atom. The molecule has 5 rings (SSSR count). The molecular weight excluding hydrogens is 426 g/mol. The van der Waals surface area contributed by atoms with Crippen LogP contribution in [-0.2, 0) is 23.0 Å². The Balaban J connectivity index is 1.64. The van der Waals surface area contributed by atoms with Gasteiger partial charge in [0.1, 0.15) is 18.0 Å². The van der Waals surface area contributed by atoms with Gasteiger partial charge in [-0.15, -0.1) is 11.3 Å². The lowest BCUT2D eigenvalue weighted by Gasteiger charge is -2.39. The van der Waals surface area contributed by atoms with Crippen molar-refractivity contribution in [3.05, 3.63) is 94.9 Å². The second kappa shape index (κ2) is 7.60. The third kappa shape index (κ3) is 3.26. The number of anilines is 1. The maximum absolute atomic E-state index is 14.1. The van der Waals surface area contributed by atoms with Gasteiger partial charge in [0.05, 0.1) is 21.8 Å². The predicted molar refractivity (Wildman–Crippen MR) is 126 cm³/mol. The van der Waals surface area contributed by atoms with E-state index >= 15 is 0 Å². The zero-order valence-corrected chi connectivity index (χ0v) is 18.4. The molecule has 0 amide bonds. The third-order valence-electron chi connectivity index (χ3n) is 5.93. The average Bonchev–Trinajstić information content (AvgIpc) is 3.27. The van der Waals surface area contributed by atoms with Crippen molar-refractivity contribution in [3.63, 3.8) is 0 Å². The number of benzene rings is 3. The summed E-state index contributed by atoms with van der Waals surface area (Å²) in [7, 11) is -3.78. The van der Waals surface area contributed by atoms with Crippen molar-refractivity contribution in [1.29, 1.82) is 0 Å². The van der Waals surface area contributed by atoms with Gasteiger partial charge in [-0.25, -0.2) is 4.98 Å². The molecule has 7 heteroatoms. The van der Waals surface area contributed by atoms with Gasteiger partial charge >= 0.3 is 10.0 Å². The van der Waals surface area contributed by atoms with Gasteiger partial charge in [0.15, 0.2) is 5.69 Å². The summed E-state index contributed by atoms with van der Waals surface area (Å²) in [6, 6.07) is 24.4. The lowest BCUT2D eigenvalue weighted by molar-refractivity contribution is 0.386. The van der Waals surface area contributed by atoms with Crippen LogP contribution in [0.15, 0.2) is 89.3 Å². The number of nitrogen functional groups attached to an aromatic ring is 1. The number of para-hydroxylation sites is 2. The largest absolute Gasteiger partial charge is 0.394 e. The number of sulfonamides is 1. The molecule has 0 bridgehead atoms. The number of nitrogens with two attached hydrogens (primary N) is 1. The number of fused-ring (bicyclic) bond motifs is 1. The summed E-state index contributed by atoms with van der Waals surface area (Å²) in [6.45, 7) is 0.727. The Labute approximate surface area is 186 Å². The highest BCUT2D eigenvalue weighted by atomic mass is 32.2. The van der Waals surface area contributed by atoms with Crippen molar-refractivity contribution in [3.8, 4) is 11.1 Å².